The number of tetrazole rings is 1. The van der Waals surface area contributed by atoms with Gasteiger partial charge in [0.25, 0.3) is 0 Å². The van der Waals surface area contributed by atoms with Gasteiger partial charge < -0.3 is 19.4 Å². The van der Waals surface area contributed by atoms with E-state index < -0.39 is 17.8 Å². The van der Waals surface area contributed by atoms with Crippen LogP contribution in [0.3, 0.4) is 0 Å². The zero-order valence-electron chi connectivity index (χ0n) is 22.4. The van der Waals surface area contributed by atoms with Crippen LogP contribution in [0, 0.1) is 12.7 Å². The second-order valence-corrected chi connectivity index (χ2v) is 9.87. The number of carbonyl (C=O) groups excluding carboxylic acids is 2. The maximum atomic E-state index is 13.9. The fraction of sp³-hybridized carbons (Fsp3) is 0.345. The Morgan fingerprint density at radius 1 is 1.10 bits per heavy atom. The molecule has 2 aromatic carbocycles. The van der Waals surface area contributed by atoms with E-state index in [1.807, 2.05) is 12.1 Å². The van der Waals surface area contributed by atoms with Gasteiger partial charge >= 0.3 is 0 Å². The highest BCUT2D eigenvalue weighted by atomic mass is 19.1. The van der Waals surface area contributed by atoms with E-state index in [4.69, 9.17) is 9.15 Å². The van der Waals surface area contributed by atoms with Gasteiger partial charge in [-0.25, -0.2) is 4.39 Å². The van der Waals surface area contributed by atoms with Crippen molar-refractivity contribution in [3.63, 3.8) is 0 Å². The highest BCUT2D eigenvalue weighted by Crippen LogP contribution is 2.27. The van der Waals surface area contributed by atoms with Crippen LogP contribution in [0.2, 0.25) is 0 Å². The van der Waals surface area contributed by atoms with Gasteiger partial charge in [0.15, 0.2) is 5.76 Å². The molecule has 1 fully saturated rings. The Balaban J connectivity index is 1.47. The molecule has 10 nitrogen and oxygen atoms in total. The van der Waals surface area contributed by atoms with E-state index >= 15 is 0 Å². The van der Waals surface area contributed by atoms with E-state index in [1.54, 1.807) is 38.3 Å². The highest BCUT2D eigenvalue weighted by Gasteiger charge is 2.34. The average Bonchev–Trinajstić information content (AvgIpc) is 3.73. The number of nitrogens with zero attached hydrogens (tertiary/aromatic N) is 5. The molecule has 0 saturated heterocycles. The van der Waals surface area contributed by atoms with Crippen molar-refractivity contribution in [3.05, 3.63) is 83.4 Å². The van der Waals surface area contributed by atoms with Crippen LogP contribution >= 0.6 is 0 Å². The smallest absolute Gasteiger partial charge is 0.247 e. The molecule has 11 heteroatoms. The topological polar surface area (TPSA) is 115 Å². The first-order valence-corrected chi connectivity index (χ1v) is 13.2. The third-order valence-electron chi connectivity index (χ3n) is 6.97. The van der Waals surface area contributed by atoms with E-state index in [1.165, 1.54) is 34.0 Å². The molecule has 0 unspecified atom stereocenters. The quantitative estimate of drug-likeness (QED) is 0.317. The molecule has 2 heterocycles. The number of aryl methyl sites for hydroxylation is 1. The largest absolute Gasteiger partial charge is 0.497 e. The second-order valence-electron chi connectivity index (χ2n) is 9.87. The molecule has 0 aliphatic heterocycles. The van der Waals surface area contributed by atoms with Crippen molar-refractivity contribution in [2.45, 2.75) is 57.8 Å². The Bertz CT molecular complexity index is 1440. The molecular formula is C29H31FN6O4. The zero-order valence-corrected chi connectivity index (χ0v) is 22.4. The number of amides is 2. The molecule has 0 bridgehead atoms. The minimum Gasteiger partial charge on any atom is -0.497 e. The minimum atomic E-state index is -1.01. The lowest BCUT2D eigenvalue weighted by atomic mass is 10.0. The number of furan rings is 1. The summed E-state index contributed by atoms with van der Waals surface area (Å²) in [5, 5.41) is 15.5. The monoisotopic (exact) mass is 546 g/mol. The number of ether oxygens (including phenoxy) is 1. The van der Waals surface area contributed by atoms with Gasteiger partial charge in [0.05, 0.1) is 7.11 Å². The Hall–Kier alpha value is -4.54. The number of rotatable bonds is 10. The number of benzene rings is 2. The van der Waals surface area contributed by atoms with Crippen molar-refractivity contribution < 1.29 is 23.1 Å². The van der Waals surface area contributed by atoms with Crippen LogP contribution in [0.25, 0.3) is 11.6 Å². The number of aromatic nitrogens is 4. The third kappa shape index (κ3) is 6.36. The van der Waals surface area contributed by atoms with Crippen LogP contribution < -0.4 is 10.1 Å². The van der Waals surface area contributed by atoms with Crippen molar-refractivity contribution in [1.82, 2.24) is 30.4 Å². The summed E-state index contributed by atoms with van der Waals surface area (Å²) in [6.45, 7) is 1.65. The van der Waals surface area contributed by atoms with Crippen molar-refractivity contribution in [1.29, 1.82) is 0 Å². The molecule has 40 heavy (non-hydrogen) atoms. The summed E-state index contributed by atoms with van der Waals surface area (Å²) in [5.41, 5.74) is 1.28. The lowest BCUT2D eigenvalue weighted by molar-refractivity contribution is -0.142. The first-order chi connectivity index (χ1) is 19.4. The van der Waals surface area contributed by atoms with E-state index in [2.05, 4.69) is 20.7 Å². The van der Waals surface area contributed by atoms with Crippen LogP contribution in [-0.2, 0) is 22.7 Å². The standard InChI is InChI=1S/C29H31FN6O4/c1-19-7-16-25(40-19)28-32-34-36(33-28)18-26(37)35(17-20-8-14-24(39-2)15-9-20)27(21-10-12-22(30)13-11-21)29(38)31-23-5-3-4-6-23/h7-16,23,27H,3-6,17-18H2,1-2H3,(H,31,38)/t27-/m1/s1. The molecule has 208 valence electrons. The normalized spacial score (nSPS) is 14.2. The zero-order chi connectivity index (χ0) is 28.1. The van der Waals surface area contributed by atoms with Crippen LogP contribution in [0.5, 0.6) is 5.75 Å². The SMILES string of the molecule is COc1ccc(CN(C(=O)Cn2nnc(-c3ccc(C)o3)n2)[C@@H](C(=O)NC2CCCC2)c2ccc(F)cc2)cc1. The summed E-state index contributed by atoms with van der Waals surface area (Å²) in [4.78, 5) is 30.3. The van der Waals surface area contributed by atoms with Crippen molar-refractivity contribution in [3.8, 4) is 17.3 Å². The minimum absolute atomic E-state index is 0.0321. The number of nitrogens with one attached hydrogen (secondary N) is 1. The first-order valence-electron chi connectivity index (χ1n) is 13.2. The van der Waals surface area contributed by atoms with Crippen molar-refractivity contribution >= 4 is 11.8 Å². The predicted molar refractivity (Wildman–Crippen MR) is 143 cm³/mol. The van der Waals surface area contributed by atoms with Gasteiger partial charge in [-0.2, -0.15) is 4.80 Å². The van der Waals surface area contributed by atoms with Gasteiger partial charge in [-0.05, 0) is 72.5 Å². The first kappa shape index (κ1) is 27.0. The summed E-state index contributed by atoms with van der Waals surface area (Å²) >= 11 is 0. The Kier molecular flexibility index (Phi) is 8.18. The summed E-state index contributed by atoms with van der Waals surface area (Å²) in [6, 6.07) is 15.4. The van der Waals surface area contributed by atoms with Crippen molar-refractivity contribution in [2.75, 3.05) is 7.11 Å². The van der Waals surface area contributed by atoms with Crippen LogP contribution in [-0.4, -0.2) is 50.1 Å². The molecule has 1 aliphatic rings. The summed E-state index contributed by atoms with van der Waals surface area (Å²) in [5.74, 6) is 0.888. The number of halogens is 1. The number of carbonyl (C=O) groups is 2. The molecule has 1 N–H and O–H groups in total. The van der Waals surface area contributed by atoms with Gasteiger partial charge in [0.1, 0.15) is 29.9 Å². The number of hydrogen-bond acceptors (Lipinski definition) is 7. The van der Waals surface area contributed by atoms with Gasteiger partial charge in [-0.3, -0.25) is 9.59 Å². The summed E-state index contributed by atoms with van der Waals surface area (Å²) in [6.07, 6.45) is 3.84. The predicted octanol–water partition coefficient (Wildman–Crippen LogP) is 4.22. The van der Waals surface area contributed by atoms with Gasteiger partial charge in [-0.15, -0.1) is 10.2 Å². The van der Waals surface area contributed by atoms with Gasteiger partial charge in [0, 0.05) is 12.6 Å². The van der Waals surface area contributed by atoms with Crippen LogP contribution in [0.1, 0.15) is 48.6 Å². The molecular weight excluding hydrogens is 515 g/mol. The fourth-order valence-electron chi connectivity index (χ4n) is 4.89. The molecule has 0 radical (unpaired) electrons. The number of hydrogen-bond donors (Lipinski definition) is 1. The van der Waals surface area contributed by atoms with Crippen LogP contribution in [0.4, 0.5) is 4.39 Å². The number of methoxy groups -OCH3 is 1. The van der Waals surface area contributed by atoms with Crippen LogP contribution in [0.15, 0.2) is 65.1 Å². The molecule has 5 rings (SSSR count). The molecule has 4 aromatic rings. The lowest BCUT2D eigenvalue weighted by Crippen LogP contribution is -2.46. The van der Waals surface area contributed by atoms with Gasteiger partial charge in [-0.1, -0.05) is 37.1 Å². The molecule has 2 amide bonds. The Labute approximate surface area is 231 Å². The lowest BCUT2D eigenvalue weighted by Gasteiger charge is -2.32. The van der Waals surface area contributed by atoms with E-state index in [0.29, 0.717) is 22.8 Å². The maximum absolute atomic E-state index is 13.9. The Morgan fingerprint density at radius 2 is 1.82 bits per heavy atom. The molecule has 1 saturated carbocycles. The van der Waals surface area contributed by atoms with E-state index in [-0.39, 0.29) is 30.9 Å². The average molecular weight is 547 g/mol. The molecule has 0 spiro atoms. The van der Waals surface area contributed by atoms with E-state index in [0.717, 1.165) is 31.2 Å². The Morgan fingerprint density at radius 3 is 2.48 bits per heavy atom. The molecule has 1 atom stereocenters. The van der Waals surface area contributed by atoms with E-state index in [9.17, 15) is 14.0 Å². The second kappa shape index (κ2) is 12.1. The highest BCUT2D eigenvalue weighted by molar-refractivity contribution is 5.89. The van der Waals surface area contributed by atoms with Gasteiger partial charge in [0.2, 0.25) is 17.6 Å². The molecule has 2 aromatic heterocycles. The van der Waals surface area contributed by atoms with Crippen molar-refractivity contribution in [2.24, 2.45) is 0 Å². The summed E-state index contributed by atoms with van der Waals surface area (Å²) < 4.78 is 24.7. The fourth-order valence-corrected chi connectivity index (χ4v) is 4.89. The molecule has 1 aliphatic carbocycles. The maximum Gasteiger partial charge on any atom is 0.247 e. The summed E-state index contributed by atoms with van der Waals surface area (Å²) in [7, 11) is 1.58. The third-order valence-corrected chi connectivity index (χ3v) is 6.97.